The van der Waals surface area contributed by atoms with E-state index in [9.17, 15) is 21.6 Å². The molecule has 2 aliphatic heterocycles. The van der Waals surface area contributed by atoms with Crippen LogP contribution in [0.15, 0.2) is 206 Å². The van der Waals surface area contributed by atoms with Gasteiger partial charge in [-0.25, -0.2) is 16.8 Å². The van der Waals surface area contributed by atoms with E-state index in [0.717, 1.165) is 43.0 Å². The van der Waals surface area contributed by atoms with Crippen molar-refractivity contribution >= 4 is 85.3 Å². The first-order valence-corrected chi connectivity index (χ1v) is 22.7. The molecule has 284 valence electrons. The fourth-order valence-electron chi connectivity index (χ4n) is 8.51. The lowest BCUT2D eigenvalue weighted by Crippen LogP contribution is -2.22. The third-order valence-corrected chi connectivity index (χ3v) is 16.0. The van der Waals surface area contributed by atoms with E-state index in [4.69, 9.17) is 0 Å². The molecule has 59 heavy (non-hydrogen) atoms. The van der Waals surface area contributed by atoms with E-state index >= 15 is 0 Å². The van der Waals surface area contributed by atoms with Crippen molar-refractivity contribution in [2.45, 2.75) is 19.6 Å². The predicted molar refractivity (Wildman–Crippen MR) is 237 cm³/mol. The summed E-state index contributed by atoms with van der Waals surface area (Å²) in [6.07, 6.45) is 0. The van der Waals surface area contributed by atoms with Crippen LogP contribution < -0.4 is 15.2 Å². The second kappa shape index (κ2) is 13.1. The van der Waals surface area contributed by atoms with Crippen LogP contribution in [0.3, 0.4) is 0 Å². The fourth-order valence-corrected chi connectivity index (χ4v) is 12.8. The second-order valence-corrected chi connectivity index (χ2v) is 19.3. The van der Waals surface area contributed by atoms with Crippen molar-refractivity contribution in [2.24, 2.45) is 0 Å². The fraction of sp³-hybridized carbons (Fsp3) is 0. The molecule has 0 unspecified atom stereocenters. The van der Waals surface area contributed by atoms with Crippen LogP contribution in [0.25, 0.3) is 42.4 Å². The van der Waals surface area contributed by atoms with Crippen LogP contribution in [0.4, 0.5) is 34.1 Å². The highest BCUT2D eigenvalue weighted by Crippen LogP contribution is 2.52. The number of benzene rings is 8. The van der Waals surface area contributed by atoms with Gasteiger partial charge in [-0.2, -0.15) is 0 Å². The van der Waals surface area contributed by atoms with Crippen molar-refractivity contribution in [3.8, 4) is 22.3 Å². The maximum Gasteiger partial charge on any atom is 0.210 e. The molecule has 0 bridgehead atoms. The molecule has 10 heteroatoms. The zero-order chi connectivity index (χ0) is 40.0. The summed E-state index contributed by atoms with van der Waals surface area (Å²) < 4.78 is 56.8. The van der Waals surface area contributed by atoms with Crippen molar-refractivity contribution in [1.29, 1.82) is 0 Å². The molecule has 0 fully saturated rings. The van der Waals surface area contributed by atoms with Gasteiger partial charge in [0.2, 0.25) is 19.7 Å². The van der Waals surface area contributed by atoms with Gasteiger partial charge in [0.05, 0.1) is 53.7 Å². The van der Waals surface area contributed by atoms with E-state index < -0.39 is 19.7 Å². The van der Waals surface area contributed by atoms with E-state index in [-0.39, 0.29) is 25.0 Å². The Bertz CT molecular complexity index is 3210. The van der Waals surface area contributed by atoms with Gasteiger partial charge in [-0.1, -0.05) is 97.1 Å². The van der Waals surface area contributed by atoms with Crippen molar-refractivity contribution in [1.82, 2.24) is 0 Å². The third kappa shape index (κ3) is 5.27. The van der Waals surface area contributed by atoms with Crippen LogP contribution in [0, 0.1) is 0 Å². The Kier molecular flexibility index (Phi) is 7.83. The monoisotopic (exact) mass is 822 g/mol. The number of hydrogen-bond acceptors (Lipinski definition) is 8. The van der Waals surface area contributed by atoms with Crippen molar-refractivity contribution in [3.63, 3.8) is 0 Å². The highest BCUT2D eigenvalue weighted by molar-refractivity contribution is 7.92. The topological polar surface area (TPSA) is 91.8 Å². The number of anilines is 6. The normalized spacial score (nSPS) is 14.6. The molecule has 0 aliphatic carbocycles. The van der Waals surface area contributed by atoms with Gasteiger partial charge in [0.15, 0.2) is 5.43 Å². The molecule has 0 amide bonds. The zero-order valence-electron chi connectivity index (χ0n) is 31.0. The maximum atomic E-state index is 14.7. The molecule has 1 aromatic heterocycles. The van der Waals surface area contributed by atoms with Gasteiger partial charge >= 0.3 is 0 Å². The smallest absolute Gasteiger partial charge is 0.210 e. The summed E-state index contributed by atoms with van der Waals surface area (Å²) in [5.41, 5.74) is 7.02. The molecule has 0 N–H and O–H groups in total. The SMILES string of the molecule is O=c1c2cc(-c3ccccc3N3c4ccccc4S(=O)(=O)c4ccccc43)ccc2sc2ccc(-c3ccccc3N3c4ccccc4S(=O)(=O)c4ccccc43)cc12. The van der Waals surface area contributed by atoms with Crippen LogP contribution in [-0.2, 0) is 19.7 Å². The first-order chi connectivity index (χ1) is 28.7. The molecule has 11 rings (SSSR count). The molecule has 9 aromatic rings. The second-order valence-electron chi connectivity index (χ2n) is 14.4. The van der Waals surface area contributed by atoms with Crippen molar-refractivity contribution in [2.75, 3.05) is 9.80 Å². The summed E-state index contributed by atoms with van der Waals surface area (Å²) in [6.45, 7) is 0. The summed E-state index contributed by atoms with van der Waals surface area (Å²) in [4.78, 5) is 19.6. The minimum atomic E-state index is -3.75. The van der Waals surface area contributed by atoms with E-state index in [1.807, 2.05) is 143 Å². The lowest BCUT2D eigenvalue weighted by molar-refractivity contribution is 0.593. The third-order valence-electron chi connectivity index (χ3n) is 11.2. The van der Waals surface area contributed by atoms with E-state index in [2.05, 4.69) is 0 Å². The Morgan fingerprint density at radius 2 is 0.661 bits per heavy atom. The van der Waals surface area contributed by atoms with Crippen LogP contribution in [-0.4, -0.2) is 16.8 Å². The number of rotatable bonds is 4. The molecule has 0 radical (unpaired) electrons. The Labute approximate surface area is 344 Å². The van der Waals surface area contributed by atoms with Gasteiger partial charge in [0.25, 0.3) is 0 Å². The molecular weight excluding hydrogens is 793 g/mol. The van der Waals surface area contributed by atoms with Crippen LogP contribution in [0.1, 0.15) is 0 Å². The van der Waals surface area contributed by atoms with Gasteiger partial charge in [-0.15, -0.1) is 11.3 Å². The highest BCUT2D eigenvalue weighted by Gasteiger charge is 2.37. The molecule has 0 saturated carbocycles. The molecule has 7 nitrogen and oxygen atoms in total. The summed E-state index contributed by atoms with van der Waals surface area (Å²) in [5.74, 6) is 0. The van der Waals surface area contributed by atoms with Crippen LogP contribution in [0.5, 0.6) is 0 Å². The van der Waals surface area contributed by atoms with Gasteiger partial charge in [-0.3, -0.25) is 4.79 Å². The number of fused-ring (bicyclic) bond motifs is 6. The minimum Gasteiger partial charge on any atom is -0.307 e. The standard InChI is InChI=1S/C49H30N2O5S3/c52-49-35-29-31(33-13-1-3-15-37(33)50-39-17-5-9-21-45(39)58(53,54)46-22-10-6-18-40(46)50)25-27-43(35)57-44-28-26-32(30-36(44)49)34-14-2-4-16-38(34)51-41-19-7-11-23-47(41)59(55,56)48-24-12-8-20-42(48)51/h1-30H. The molecule has 0 saturated heterocycles. The van der Waals surface area contributed by atoms with E-state index in [0.29, 0.717) is 33.5 Å². The average molecular weight is 823 g/mol. The predicted octanol–water partition coefficient (Wildman–Crippen LogP) is 12.0. The summed E-state index contributed by atoms with van der Waals surface area (Å²) in [7, 11) is -7.49. The van der Waals surface area contributed by atoms with Gasteiger partial charge in [0.1, 0.15) is 0 Å². The highest BCUT2D eigenvalue weighted by atomic mass is 32.2. The average Bonchev–Trinajstić information content (AvgIpc) is 3.27. The Morgan fingerprint density at radius 1 is 0.356 bits per heavy atom. The van der Waals surface area contributed by atoms with Crippen LogP contribution in [0.2, 0.25) is 0 Å². The largest absolute Gasteiger partial charge is 0.307 e. The lowest BCUT2D eigenvalue weighted by Gasteiger charge is -2.34. The molecule has 8 aromatic carbocycles. The van der Waals surface area contributed by atoms with Gasteiger partial charge < -0.3 is 9.80 Å². The lowest BCUT2D eigenvalue weighted by atomic mass is 9.98. The Hall–Kier alpha value is -6.85. The number of sulfone groups is 2. The molecule has 3 heterocycles. The van der Waals surface area contributed by atoms with Gasteiger partial charge in [0, 0.05) is 31.3 Å². The zero-order valence-corrected chi connectivity index (χ0v) is 33.4. The first kappa shape index (κ1) is 35.3. The molecular formula is C49H30N2O5S3. The molecule has 2 aliphatic rings. The quantitative estimate of drug-likeness (QED) is 0.163. The number of hydrogen-bond donors (Lipinski definition) is 0. The van der Waals surface area contributed by atoms with Crippen molar-refractivity contribution in [3.05, 3.63) is 192 Å². The number of nitrogens with zero attached hydrogens (tertiary/aromatic N) is 2. The van der Waals surface area contributed by atoms with Crippen LogP contribution >= 0.6 is 11.3 Å². The van der Waals surface area contributed by atoms with Crippen molar-refractivity contribution < 1.29 is 16.8 Å². The summed E-state index contributed by atoms with van der Waals surface area (Å²) in [5, 5.41) is 1.15. The maximum absolute atomic E-state index is 14.7. The molecule has 0 atom stereocenters. The van der Waals surface area contributed by atoms with E-state index in [1.165, 1.54) is 0 Å². The minimum absolute atomic E-state index is 0.105. The number of para-hydroxylation sites is 6. The summed E-state index contributed by atoms with van der Waals surface area (Å²) >= 11 is 1.55. The summed E-state index contributed by atoms with van der Waals surface area (Å²) in [6, 6.07) is 55.7. The first-order valence-electron chi connectivity index (χ1n) is 18.9. The van der Waals surface area contributed by atoms with E-state index in [1.54, 1.807) is 59.9 Å². The van der Waals surface area contributed by atoms with Gasteiger partial charge in [-0.05, 0) is 96.1 Å². The Morgan fingerprint density at radius 3 is 1.02 bits per heavy atom. The molecule has 0 spiro atoms. The Balaban J connectivity index is 1.06.